The summed E-state index contributed by atoms with van der Waals surface area (Å²) in [5.41, 5.74) is 2.23. The molecule has 0 radical (unpaired) electrons. The third-order valence-corrected chi connectivity index (χ3v) is 5.81. The van der Waals surface area contributed by atoms with Gasteiger partial charge in [-0.1, -0.05) is 5.16 Å². The number of nitrogens with zero attached hydrogens (tertiary/aromatic N) is 3. The van der Waals surface area contributed by atoms with Gasteiger partial charge in [-0.3, -0.25) is 9.10 Å². The lowest BCUT2D eigenvalue weighted by atomic mass is 10.0. The van der Waals surface area contributed by atoms with E-state index in [0.29, 0.717) is 29.6 Å². The van der Waals surface area contributed by atoms with Crippen LogP contribution in [0.2, 0.25) is 0 Å². The molecule has 9 heteroatoms. The van der Waals surface area contributed by atoms with E-state index in [9.17, 15) is 13.2 Å². The molecule has 0 bridgehead atoms. The van der Waals surface area contributed by atoms with Crippen molar-refractivity contribution in [1.82, 2.24) is 10.1 Å². The number of nitrogens with one attached hydrogen (secondary N) is 1. The molecule has 1 aromatic carbocycles. The Hall–Kier alpha value is -2.42. The minimum Gasteiger partial charge on any atom is -0.340 e. The molecule has 8 nitrogen and oxygen atoms in total. The van der Waals surface area contributed by atoms with E-state index in [4.69, 9.17) is 4.52 Å². The molecule has 0 spiro atoms. The van der Waals surface area contributed by atoms with Gasteiger partial charge in [-0.15, -0.1) is 0 Å². The fourth-order valence-corrected chi connectivity index (χ4v) is 4.04. The molecule has 2 heterocycles. The molecule has 0 saturated carbocycles. The Morgan fingerprint density at radius 2 is 2.20 bits per heavy atom. The number of amides is 1. The molecule has 0 atom stereocenters. The Labute approximate surface area is 146 Å². The van der Waals surface area contributed by atoms with Gasteiger partial charge in [-0.05, 0) is 43.5 Å². The average Bonchev–Trinajstić information content (AvgIpc) is 2.98. The number of carbonyl (C=O) groups excluding carboxylic acids is 1. The summed E-state index contributed by atoms with van der Waals surface area (Å²) in [4.78, 5) is 16.1. The van der Waals surface area contributed by atoms with Crippen LogP contribution in [0.5, 0.6) is 0 Å². The number of aryl methyl sites for hydroxylation is 2. The predicted molar refractivity (Wildman–Crippen MR) is 92.9 cm³/mol. The lowest BCUT2D eigenvalue weighted by molar-refractivity contribution is -0.115. The normalized spacial score (nSPS) is 14.2. The van der Waals surface area contributed by atoms with Crippen molar-refractivity contribution in [3.63, 3.8) is 0 Å². The third-order valence-electron chi connectivity index (χ3n) is 4.03. The summed E-state index contributed by atoms with van der Waals surface area (Å²) in [6.07, 6.45) is 1.55. The van der Waals surface area contributed by atoms with Crippen LogP contribution in [-0.4, -0.2) is 36.8 Å². The number of rotatable bonds is 5. The zero-order valence-electron chi connectivity index (χ0n) is 14.2. The Morgan fingerprint density at radius 3 is 2.88 bits per heavy atom. The van der Waals surface area contributed by atoms with E-state index < -0.39 is 10.0 Å². The molecule has 0 fully saturated rings. The smallest absolute Gasteiger partial charge is 0.234 e. The Kier molecular flexibility index (Phi) is 4.76. The van der Waals surface area contributed by atoms with Gasteiger partial charge in [0.2, 0.25) is 21.8 Å². The van der Waals surface area contributed by atoms with Crippen LogP contribution in [0.25, 0.3) is 0 Å². The predicted octanol–water partition coefficient (Wildman–Crippen LogP) is 1.66. The van der Waals surface area contributed by atoms with Gasteiger partial charge in [0.1, 0.15) is 0 Å². The van der Waals surface area contributed by atoms with E-state index in [0.717, 1.165) is 18.4 Å². The molecule has 1 N–H and O–H groups in total. The van der Waals surface area contributed by atoms with Crippen molar-refractivity contribution in [2.24, 2.45) is 0 Å². The van der Waals surface area contributed by atoms with Crippen LogP contribution in [0.3, 0.4) is 0 Å². The first kappa shape index (κ1) is 17.4. The topological polar surface area (TPSA) is 105 Å². The highest BCUT2D eigenvalue weighted by Crippen LogP contribution is 2.31. The van der Waals surface area contributed by atoms with E-state index in [1.54, 1.807) is 26.0 Å². The maximum Gasteiger partial charge on any atom is 0.234 e. The van der Waals surface area contributed by atoms with Gasteiger partial charge >= 0.3 is 0 Å². The fraction of sp³-hybridized carbons (Fsp3) is 0.438. The summed E-state index contributed by atoms with van der Waals surface area (Å²) >= 11 is 0. The number of fused-ring (bicyclic) bond motifs is 1. The summed E-state index contributed by atoms with van der Waals surface area (Å²) in [6.45, 7) is 3.79. The van der Waals surface area contributed by atoms with Crippen molar-refractivity contribution in [3.05, 3.63) is 35.5 Å². The Balaban J connectivity index is 1.76. The van der Waals surface area contributed by atoms with E-state index >= 15 is 0 Å². The zero-order chi connectivity index (χ0) is 18.0. The van der Waals surface area contributed by atoms with Crippen LogP contribution >= 0.6 is 0 Å². The first-order valence-corrected chi connectivity index (χ1v) is 9.72. The van der Waals surface area contributed by atoms with E-state index in [2.05, 4.69) is 15.5 Å². The second-order valence-electron chi connectivity index (χ2n) is 5.87. The van der Waals surface area contributed by atoms with Gasteiger partial charge in [-0.2, -0.15) is 4.98 Å². The SMILES string of the molecule is CCS(=O)(=O)N1CCCc2cc(NC(=O)Cc3noc(C)n3)ccc21. The molecule has 1 aromatic heterocycles. The molecule has 1 aliphatic heterocycles. The summed E-state index contributed by atoms with van der Waals surface area (Å²) in [6, 6.07) is 5.28. The molecule has 1 amide bonds. The van der Waals surface area contributed by atoms with Crippen LogP contribution in [0, 0.1) is 6.92 Å². The Morgan fingerprint density at radius 1 is 1.40 bits per heavy atom. The van der Waals surface area contributed by atoms with Gasteiger partial charge in [0, 0.05) is 19.2 Å². The average molecular weight is 364 g/mol. The molecule has 25 heavy (non-hydrogen) atoms. The first-order chi connectivity index (χ1) is 11.9. The van der Waals surface area contributed by atoms with Crippen molar-refractivity contribution in [1.29, 1.82) is 0 Å². The largest absolute Gasteiger partial charge is 0.340 e. The van der Waals surface area contributed by atoms with Gasteiger partial charge in [0.05, 0.1) is 17.9 Å². The Bertz CT molecular complexity index is 891. The second-order valence-corrected chi connectivity index (χ2v) is 8.06. The molecule has 0 saturated heterocycles. The summed E-state index contributed by atoms with van der Waals surface area (Å²) in [5.74, 6) is 0.547. The van der Waals surface area contributed by atoms with Crippen molar-refractivity contribution < 1.29 is 17.7 Å². The quantitative estimate of drug-likeness (QED) is 0.865. The summed E-state index contributed by atoms with van der Waals surface area (Å²) in [7, 11) is -3.29. The number of sulfonamides is 1. The monoisotopic (exact) mass is 364 g/mol. The van der Waals surface area contributed by atoms with Crippen LogP contribution in [0.4, 0.5) is 11.4 Å². The first-order valence-electron chi connectivity index (χ1n) is 8.11. The minimum absolute atomic E-state index is 0.0186. The van der Waals surface area contributed by atoms with Gasteiger partial charge in [0.15, 0.2) is 5.82 Å². The lowest BCUT2D eigenvalue weighted by Gasteiger charge is -2.30. The fourth-order valence-electron chi connectivity index (χ4n) is 2.85. The number of aromatic nitrogens is 2. The number of hydrogen-bond donors (Lipinski definition) is 1. The number of anilines is 2. The molecule has 0 unspecified atom stereocenters. The van der Waals surface area contributed by atoms with Crippen molar-refractivity contribution in [3.8, 4) is 0 Å². The lowest BCUT2D eigenvalue weighted by Crippen LogP contribution is -2.36. The molecular formula is C16H20N4O4S. The molecule has 0 aliphatic carbocycles. The highest BCUT2D eigenvalue weighted by Gasteiger charge is 2.26. The van der Waals surface area contributed by atoms with E-state index in [-0.39, 0.29) is 18.1 Å². The highest BCUT2D eigenvalue weighted by molar-refractivity contribution is 7.92. The minimum atomic E-state index is -3.29. The number of carbonyl (C=O) groups is 1. The van der Waals surface area contributed by atoms with Crippen molar-refractivity contribution in [2.75, 3.05) is 21.9 Å². The maximum absolute atomic E-state index is 12.2. The van der Waals surface area contributed by atoms with Gasteiger partial charge < -0.3 is 9.84 Å². The van der Waals surface area contributed by atoms with Crippen LogP contribution < -0.4 is 9.62 Å². The number of hydrogen-bond acceptors (Lipinski definition) is 6. The highest BCUT2D eigenvalue weighted by atomic mass is 32.2. The van der Waals surface area contributed by atoms with Gasteiger partial charge in [0.25, 0.3) is 0 Å². The third kappa shape index (κ3) is 3.81. The summed E-state index contributed by atoms with van der Waals surface area (Å²) in [5, 5.41) is 6.48. The maximum atomic E-state index is 12.2. The van der Waals surface area contributed by atoms with E-state index in [1.165, 1.54) is 4.31 Å². The number of benzene rings is 1. The zero-order valence-corrected chi connectivity index (χ0v) is 15.0. The van der Waals surface area contributed by atoms with Crippen molar-refractivity contribution >= 4 is 27.3 Å². The van der Waals surface area contributed by atoms with Crippen LogP contribution in [-0.2, 0) is 27.7 Å². The molecule has 3 rings (SSSR count). The second kappa shape index (κ2) is 6.83. The molecule has 1 aliphatic rings. The molecule has 134 valence electrons. The van der Waals surface area contributed by atoms with Crippen LogP contribution in [0.15, 0.2) is 22.7 Å². The van der Waals surface area contributed by atoms with E-state index in [1.807, 2.05) is 6.07 Å². The van der Waals surface area contributed by atoms with Crippen molar-refractivity contribution in [2.45, 2.75) is 33.1 Å². The molecular weight excluding hydrogens is 344 g/mol. The van der Waals surface area contributed by atoms with Crippen LogP contribution in [0.1, 0.15) is 30.6 Å². The molecule has 2 aromatic rings. The summed E-state index contributed by atoms with van der Waals surface area (Å²) < 4.78 is 30.7. The van der Waals surface area contributed by atoms with Gasteiger partial charge in [-0.25, -0.2) is 8.42 Å². The standard InChI is InChI=1S/C16H20N4O4S/c1-3-25(22,23)20-8-4-5-12-9-13(6-7-14(12)20)18-16(21)10-15-17-11(2)24-19-15/h6-7,9H,3-5,8,10H2,1-2H3,(H,18,21).